The summed E-state index contributed by atoms with van der Waals surface area (Å²) in [6.07, 6.45) is 3.81. The Bertz CT molecular complexity index is 1310. The molecule has 2 aromatic carbocycles. The minimum Gasteiger partial charge on any atom is -0.491 e. The van der Waals surface area contributed by atoms with Crippen LogP contribution in [0.25, 0.3) is 22.8 Å². The summed E-state index contributed by atoms with van der Waals surface area (Å²) in [5, 5.41) is 0. The predicted octanol–water partition coefficient (Wildman–Crippen LogP) is 6.62. The number of aromatic nitrogens is 4. The van der Waals surface area contributed by atoms with E-state index in [1.54, 1.807) is 0 Å². The molecule has 0 radical (unpaired) electrons. The van der Waals surface area contributed by atoms with Crippen LogP contribution < -0.4 is 9.47 Å². The molecule has 0 amide bonds. The minimum atomic E-state index is 0.685. The van der Waals surface area contributed by atoms with E-state index in [9.17, 15) is 0 Å². The van der Waals surface area contributed by atoms with Crippen molar-refractivity contribution in [3.05, 3.63) is 65.1 Å². The molecule has 4 aromatic rings. The van der Waals surface area contributed by atoms with Crippen LogP contribution in [-0.4, -0.2) is 32.3 Å². The standard InChI is InChI=1S/C11H7BrI2N2O.C11H9BrN2O/c12-6-1-2-8-7(5-6)11-15-9(13)10(14)16(11)3-4-17-8;12-8-1-2-10-9(7-8)11-13-3-4-14(11)5-6-15-10/h1-2,5H,3-4H2;1-4,7H,5-6H2. The van der Waals surface area contributed by atoms with Crippen LogP contribution in [-0.2, 0) is 13.1 Å². The molecule has 10 heteroatoms. The van der Waals surface area contributed by atoms with Gasteiger partial charge in [-0.05, 0) is 81.6 Å². The van der Waals surface area contributed by atoms with Gasteiger partial charge in [0.05, 0.1) is 24.2 Å². The van der Waals surface area contributed by atoms with Crippen molar-refractivity contribution in [3.63, 3.8) is 0 Å². The highest BCUT2D eigenvalue weighted by Gasteiger charge is 2.21. The number of ether oxygens (including phenoxy) is 2. The first-order valence-electron chi connectivity index (χ1n) is 9.79. The van der Waals surface area contributed by atoms with Gasteiger partial charge < -0.3 is 18.6 Å². The highest BCUT2D eigenvalue weighted by atomic mass is 127. The van der Waals surface area contributed by atoms with E-state index in [4.69, 9.17) is 9.47 Å². The number of rotatable bonds is 0. The van der Waals surface area contributed by atoms with Crippen molar-refractivity contribution in [2.45, 2.75) is 13.1 Å². The Morgan fingerprint density at radius 3 is 2.16 bits per heavy atom. The first-order valence-corrected chi connectivity index (χ1v) is 13.5. The molecule has 0 saturated carbocycles. The van der Waals surface area contributed by atoms with Crippen molar-refractivity contribution < 1.29 is 9.47 Å². The Labute approximate surface area is 229 Å². The lowest BCUT2D eigenvalue weighted by molar-refractivity contribution is 0.305. The Kier molecular flexibility index (Phi) is 6.82. The molecule has 0 atom stereocenters. The number of nitrogens with zero attached hydrogens (tertiary/aromatic N) is 4. The van der Waals surface area contributed by atoms with E-state index in [0.717, 1.165) is 60.0 Å². The zero-order chi connectivity index (χ0) is 22.2. The van der Waals surface area contributed by atoms with Crippen molar-refractivity contribution >= 4 is 77.0 Å². The van der Waals surface area contributed by atoms with Gasteiger partial charge >= 0.3 is 0 Å². The fourth-order valence-electron chi connectivity index (χ4n) is 3.65. The highest BCUT2D eigenvalue weighted by molar-refractivity contribution is 14.1. The van der Waals surface area contributed by atoms with E-state index < -0.39 is 0 Å². The molecule has 32 heavy (non-hydrogen) atoms. The van der Waals surface area contributed by atoms with Gasteiger partial charge in [-0.1, -0.05) is 31.9 Å². The average molecular weight is 782 g/mol. The fourth-order valence-corrected chi connectivity index (χ4v) is 5.49. The van der Waals surface area contributed by atoms with Gasteiger partial charge in [-0.15, -0.1) is 0 Å². The van der Waals surface area contributed by atoms with Gasteiger partial charge in [0.15, 0.2) is 0 Å². The third kappa shape index (κ3) is 4.47. The third-order valence-electron chi connectivity index (χ3n) is 5.11. The van der Waals surface area contributed by atoms with Crippen LogP contribution in [0, 0.1) is 7.40 Å². The Hall–Kier alpha value is -1.12. The molecule has 0 saturated heterocycles. The Balaban J connectivity index is 0.000000136. The van der Waals surface area contributed by atoms with Crippen LogP contribution in [0.15, 0.2) is 57.7 Å². The summed E-state index contributed by atoms with van der Waals surface area (Å²) in [5.41, 5.74) is 2.10. The van der Waals surface area contributed by atoms with Gasteiger partial charge in [-0.25, -0.2) is 9.97 Å². The number of hydrogen-bond acceptors (Lipinski definition) is 4. The molecule has 2 aromatic heterocycles. The summed E-state index contributed by atoms with van der Waals surface area (Å²) >= 11 is 11.6. The Morgan fingerprint density at radius 1 is 0.844 bits per heavy atom. The van der Waals surface area contributed by atoms with Gasteiger partial charge in [-0.2, -0.15) is 0 Å². The molecular formula is C22H16Br2I2N4O2. The molecule has 0 fully saturated rings. The second-order valence-electron chi connectivity index (χ2n) is 7.09. The number of halogens is 4. The Morgan fingerprint density at radius 2 is 1.47 bits per heavy atom. The molecule has 2 aliphatic rings. The third-order valence-corrected chi connectivity index (χ3v) is 8.97. The number of hydrogen-bond donors (Lipinski definition) is 0. The van der Waals surface area contributed by atoms with Crippen molar-refractivity contribution in [2.75, 3.05) is 13.2 Å². The lowest BCUT2D eigenvalue weighted by Gasteiger charge is -2.05. The normalized spacial score (nSPS) is 13.6. The van der Waals surface area contributed by atoms with Gasteiger partial charge in [0.25, 0.3) is 0 Å². The highest BCUT2D eigenvalue weighted by Crippen LogP contribution is 2.36. The van der Waals surface area contributed by atoms with Crippen LogP contribution in [0.1, 0.15) is 0 Å². The lowest BCUT2D eigenvalue weighted by Crippen LogP contribution is -2.07. The zero-order valence-corrected chi connectivity index (χ0v) is 24.1. The van der Waals surface area contributed by atoms with Crippen LogP contribution in [0.3, 0.4) is 0 Å². The smallest absolute Gasteiger partial charge is 0.145 e. The summed E-state index contributed by atoms with van der Waals surface area (Å²) in [5.74, 6) is 3.78. The molecule has 0 N–H and O–H groups in total. The van der Waals surface area contributed by atoms with Gasteiger partial charge in [0.1, 0.15) is 43.8 Å². The van der Waals surface area contributed by atoms with Crippen molar-refractivity contribution in [3.8, 4) is 34.3 Å². The van der Waals surface area contributed by atoms with Crippen LogP contribution in [0.2, 0.25) is 0 Å². The maximum atomic E-state index is 5.75. The predicted molar refractivity (Wildman–Crippen MR) is 147 cm³/mol. The molecule has 0 unspecified atom stereocenters. The van der Waals surface area contributed by atoms with E-state index in [-0.39, 0.29) is 0 Å². The molecular weight excluding hydrogens is 766 g/mol. The van der Waals surface area contributed by atoms with Gasteiger partial charge in [0.2, 0.25) is 0 Å². The van der Waals surface area contributed by atoms with Crippen molar-refractivity contribution in [1.82, 2.24) is 19.1 Å². The van der Waals surface area contributed by atoms with Gasteiger partial charge in [0, 0.05) is 21.3 Å². The van der Waals surface area contributed by atoms with Crippen LogP contribution in [0.4, 0.5) is 0 Å². The summed E-state index contributed by atoms with van der Waals surface area (Å²) in [6.45, 7) is 3.07. The molecule has 164 valence electrons. The van der Waals surface area contributed by atoms with Gasteiger partial charge in [-0.3, -0.25) is 0 Å². The lowest BCUT2D eigenvalue weighted by atomic mass is 10.2. The van der Waals surface area contributed by atoms with Crippen LogP contribution in [0.5, 0.6) is 11.5 Å². The maximum absolute atomic E-state index is 5.75. The van der Waals surface area contributed by atoms with E-state index in [1.165, 1.54) is 3.70 Å². The van der Waals surface area contributed by atoms with Crippen molar-refractivity contribution in [2.24, 2.45) is 0 Å². The minimum absolute atomic E-state index is 0.685. The monoisotopic (exact) mass is 780 g/mol. The summed E-state index contributed by atoms with van der Waals surface area (Å²) in [4.78, 5) is 9.00. The van der Waals surface area contributed by atoms with Crippen molar-refractivity contribution in [1.29, 1.82) is 0 Å². The van der Waals surface area contributed by atoms with Crippen LogP contribution >= 0.6 is 77.0 Å². The summed E-state index contributed by atoms with van der Waals surface area (Å²) in [6, 6.07) is 12.0. The van der Waals surface area contributed by atoms with E-state index in [0.29, 0.717) is 13.2 Å². The number of imidazole rings is 2. The largest absolute Gasteiger partial charge is 0.491 e. The molecule has 0 bridgehead atoms. The molecule has 2 aliphatic heterocycles. The second-order valence-corrected chi connectivity index (χ2v) is 11.0. The quantitative estimate of drug-likeness (QED) is 0.189. The zero-order valence-electron chi connectivity index (χ0n) is 16.6. The molecule has 0 aliphatic carbocycles. The maximum Gasteiger partial charge on any atom is 0.145 e. The average Bonchev–Trinajstić information content (AvgIpc) is 3.24. The topological polar surface area (TPSA) is 54.1 Å². The second kappa shape index (κ2) is 9.63. The molecule has 6 rings (SSSR count). The molecule has 0 spiro atoms. The molecule has 4 heterocycles. The van der Waals surface area contributed by atoms with E-state index >= 15 is 0 Å². The number of benzene rings is 2. The summed E-state index contributed by atoms with van der Waals surface area (Å²) < 4.78 is 20.0. The SMILES string of the molecule is Brc1ccc2c(c1)-c1nc(I)c(I)n1CCO2.Brc1ccc2c(c1)-c1nccn1CCO2. The first-order chi connectivity index (χ1) is 15.5. The fraction of sp³-hybridized carbons (Fsp3) is 0.182. The molecule has 6 nitrogen and oxygen atoms in total. The van der Waals surface area contributed by atoms with E-state index in [1.807, 2.05) is 42.7 Å². The van der Waals surface area contributed by atoms with E-state index in [2.05, 4.69) is 102 Å². The first kappa shape index (κ1) is 22.7. The number of fused-ring (bicyclic) bond motifs is 6. The summed E-state index contributed by atoms with van der Waals surface area (Å²) in [7, 11) is 0.